The maximum atomic E-state index is 12.5. The second kappa shape index (κ2) is 7.66. The maximum Gasteiger partial charge on any atom is 0.195 e. The van der Waals surface area contributed by atoms with Crippen LogP contribution < -0.4 is 0 Å². The molecule has 0 radical (unpaired) electrons. The fraction of sp³-hybridized carbons (Fsp3) is 0.923. The van der Waals surface area contributed by atoms with Gasteiger partial charge in [-0.3, -0.25) is 4.79 Å². The molecule has 140 valence electrons. The SMILES string of the molecule is O=C(C1O[C@H](CO)[C@H](O)[C@H](O)[C@H]1O)C1O[C@H](CO)[C@H](O)[C@H](O)[C@H]1O. The smallest absolute Gasteiger partial charge is 0.195 e. The molecule has 2 rings (SSSR count). The van der Waals surface area contributed by atoms with E-state index in [1.165, 1.54) is 0 Å². The monoisotopic (exact) mass is 354 g/mol. The second-order valence-electron chi connectivity index (χ2n) is 5.90. The van der Waals surface area contributed by atoms with Crippen LogP contribution >= 0.6 is 0 Å². The normalized spacial score (nSPS) is 49.8. The predicted octanol–water partition coefficient (Wildman–Crippen LogP) is -5.76. The van der Waals surface area contributed by atoms with Crippen molar-refractivity contribution < 1.29 is 55.1 Å². The molecule has 11 heteroatoms. The number of ketones is 1. The number of ether oxygens (including phenoxy) is 2. The molecule has 2 aliphatic rings. The summed E-state index contributed by atoms with van der Waals surface area (Å²) in [6.07, 6.45) is -16.9. The van der Waals surface area contributed by atoms with Gasteiger partial charge >= 0.3 is 0 Å². The third-order valence-corrected chi connectivity index (χ3v) is 4.35. The van der Waals surface area contributed by atoms with Crippen molar-refractivity contribution in [1.82, 2.24) is 0 Å². The summed E-state index contributed by atoms with van der Waals surface area (Å²) in [5, 5.41) is 76.8. The van der Waals surface area contributed by atoms with E-state index in [1.54, 1.807) is 0 Å². The molecule has 2 saturated heterocycles. The van der Waals surface area contributed by atoms with Crippen LogP contribution in [0.4, 0.5) is 0 Å². The van der Waals surface area contributed by atoms with Gasteiger partial charge in [-0.15, -0.1) is 0 Å². The fourth-order valence-corrected chi connectivity index (χ4v) is 2.84. The number of rotatable bonds is 4. The van der Waals surface area contributed by atoms with Crippen LogP contribution in [-0.2, 0) is 14.3 Å². The number of aliphatic hydroxyl groups excluding tert-OH is 8. The Morgan fingerprint density at radius 2 is 0.958 bits per heavy atom. The standard InChI is InChI=1S/C13H22O11/c14-1-3-5(16)7(18)9(20)12(23-3)11(22)13-10(21)8(19)6(17)4(2-15)24-13/h3-10,12-21H,1-2H2/t3-,4-,5+,6+,7+,8+,9-,10-,12?,13?/m1/s1. The van der Waals surface area contributed by atoms with Crippen molar-refractivity contribution >= 4 is 5.78 Å². The molecule has 2 fully saturated rings. The summed E-state index contributed by atoms with van der Waals surface area (Å²) in [5.74, 6) is -1.08. The molecule has 24 heavy (non-hydrogen) atoms. The summed E-state index contributed by atoms with van der Waals surface area (Å²) >= 11 is 0. The van der Waals surface area contributed by atoms with Crippen molar-refractivity contribution in [1.29, 1.82) is 0 Å². The van der Waals surface area contributed by atoms with Crippen molar-refractivity contribution in [2.75, 3.05) is 13.2 Å². The van der Waals surface area contributed by atoms with Crippen molar-refractivity contribution in [2.45, 2.75) is 61.0 Å². The van der Waals surface area contributed by atoms with E-state index in [1.807, 2.05) is 0 Å². The van der Waals surface area contributed by atoms with Gasteiger partial charge in [0.2, 0.25) is 0 Å². The Labute approximate surface area is 136 Å². The topological polar surface area (TPSA) is 197 Å². The molecule has 11 nitrogen and oxygen atoms in total. The van der Waals surface area contributed by atoms with Gasteiger partial charge in [0.25, 0.3) is 0 Å². The molecule has 0 spiro atoms. The molecule has 2 aliphatic heterocycles. The molecule has 0 amide bonds. The zero-order valence-corrected chi connectivity index (χ0v) is 12.5. The minimum absolute atomic E-state index is 0.747. The number of Topliss-reactive ketones (excluding diaryl/α,β-unsaturated/α-hetero) is 1. The number of carbonyl (C=O) groups is 1. The van der Waals surface area contributed by atoms with E-state index in [9.17, 15) is 35.4 Å². The Morgan fingerprint density at radius 3 is 1.25 bits per heavy atom. The van der Waals surface area contributed by atoms with Crippen LogP contribution in [0.1, 0.15) is 0 Å². The van der Waals surface area contributed by atoms with Crippen LogP contribution in [0.15, 0.2) is 0 Å². The molecule has 0 bridgehead atoms. The summed E-state index contributed by atoms with van der Waals surface area (Å²) in [6, 6.07) is 0. The van der Waals surface area contributed by atoms with Crippen LogP contribution in [0.2, 0.25) is 0 Å². The van der Waals surface area contributed by atoms with Crippen LogP contribution in [-0.4, -0.2) is 121 Å². The van der Waals surface area contributed by atoms with Crippen LogP contribution in [0.5, 0.6) is 0 Å². The Balaban J connectivity index is 2.20. The van der Waals surface area contributed by atoms with E-state index in [2.05, 4.69) is 0 Å². The van der Waals surface area contributed by atoms with Crippen LogP contribution in [0.3, 0.4) is 0 Å². The van der Waals surface area contributed by atoms with Gasteiger partial charge < -0.3 is 50.3 Å². The van der Waals surface area contributed by atoms with E-state index < -0.39 is 80.0 Å². The molecular weight excluding hydrogens is 332 g/mol. The molecular formula is C13H22O11. The molecule has 0 aliphatic carbocycles. The quantitative estimate of drug-likeness (QED) is 0.239. The van der Waals surface area contributed by atoms with Gasteiger partial charge in [-0.2, -0.15) is 0 Å². The highest BCUT2D eigenvalue weighted by atomic mass is 16.6. The minimum Gasteiger partial charge on any atom is -0.394 e. The van der Waals surface area contributed by atoms with Crippen LogP contribution in [0, 0.1) is 0 Å². The first-order valence-corrected chi connectivity index (χ1v) is 7.39. The zero-order valence-electron chi connectivity index (χ0n) is 12.5. The molecule has 2 unspecified atom stereocenters. The summed E-state index contributed by atoms with van der Waals surface area (Å²) in [6.45, 7) is -1.49. The largest absolute Gasteiger partial charge is 0.394 e. The lowest BCUT2D eigenvalue weighted by molar-refractivity contribution is -0.249. The first kappa shape index (κ1) is 19.6. The highest BCUT2D eigenvalue weighted by molar-refractivity contribution is 5.89. The first-order valence-electron chi connectivity index (χ1n) is 7.39. The molecule has 0 aromatic heterocycles. The second-order valence-corrected chi connectivity index (χ2v) is 5.90. The van der Waals surface area contributed by atoms with Gasteiger partial charge in [0.1, 0.15) is 61.0 Å². The Bertz CT molecular complexity index is 404. The Morgan fingerprint density at radius 1 is 0.625 bits per heavy atom. The summed E-state index contributed by atoms with van der Waals surface area (Å²) in [5.41, 5.74) is 0. The highest BCUT2D eigenvalue weighted by Gasteiger charge is 2.53. The Hall–Kier alpha value is -0.730. The summed E-state index contributed by atoms with van der Waals surface area (Å²) in [4.78, 5) is 12.5. The molecule has 8 N–H and O–H groups in total. The van der Waals surface area contributed by atoms with Crippen LogP contribution in [0.25, 0.3) is 0 Å². The third-order valence-electron chi connectivity index (χ3n) is 4.35. The van der Waals surface area contributed by atoms with Crippen molar-refractivity contribution in [3.05, 3.63) is 0 Å². The lowest BCUT2D eigenvalue weighted by atomic mass is 9.87. The molecule has 2 heterocycles. The van der Waals surface area contributed by atoms with Crippen molar-refractivity contribution in [3.63, 3.8) is 0 Å². The van der Waals surface area contributed by atoms with Gasteiger partial charge in [-0.1, -0.05) is 0 Å². The van der Waals surface area contributed by atoms with E-state index in [-0.39, 0.29) is 0 Å². The average Bonchev–Trinajstić information content (AvgIpc) is 2.58. The lowest BCUT2D eigenvalue weighted by Crippen LogP contribution is -2.66. The van der Waals surface area contributed by atoms with Gasteiger partial charge in [0.15, 0.2) is 5.78 Å². The number of hydrogen-bond acceptors (Lipinski definition) is 11. The van der Waals surface area contributed by atoms with E-state index >= 15 is 0 Å². The van der Waals surface area contributed by atoms with E-state index in [0.717, 1.165) is 0 Å². The van der Waals surface area contributed by atoms with Crippen molar-refractivity contribution in [3.8, 4) is 0 Å². The average molecular weight is 354 g/mol. The molecule has 0 aromatic rings. The maximum absolute atomic E-state index is 12.5. The zero-order chi connectivity index (χ0) is 18.2. The number of aliphatic hydroxyl groups is 8. The first-order chi connectivity index (χ1) is 11.2. The Kier molecular flexibility index (Phi) is 6.25. The van der Waals surface area contributed by atoms with Gasteiger partial charge in [0, 0.05) is 0 Å². The number of hydrogen-bond donors (Lipinski definition) is 8. The van der Waals surface area contributed by atoms with Gasteiger partial charge in [-0.05, 0) is 0 Å². The molecule has 10 atom stereocenters. The fourth-order valence-electron chi connectivity index (χ4n) is 2.84. The molecule has 0 saturated carbocycles. The van der Waals surface area contributed by atoms with E-state index in [0.29, 0.717) is 0 Å². The minimum atomic E-state index is -1.87. The van der Waals surface area contributed by atoms with Crippen molar-refractivity contribution in [2.24, 2.45) is 0 Å². The third kappa shape index (κ3) is 3.32. The van der Waals surface area contributed by atoms with E-state index in [4.69, 9.17) is 19.7 Å². The predicted molar refractivity (Wildman–Crippen MR) is 72.5 cm³/mol. The van der Waals surface area contributed by atoms with Gasteiger partial charge in [-0.25, -0.2) is 0 Å². The summed E-state index contributed by atoms with van der Waals surface area (Å²) < 4.78 is 10.1. The summed E-state index contributed by atoms with van der Waals surface area (Å²) in [7, 11) is 0. The lowest BCUT2D eigenvalue weighted by Gasteiger charge is -2.43. The van der Waals surface area contributed by atoms with Gasteiger partial charge in [0.05, 0.1) is 13.2 Å². The molecule has 0 aromatic carbocycles. The highest BCUT2D eigenvalue weighted by Crippen LogP contribution is 2.27. The number of carbonyl (C=O) groups excluding carboxylic acids is 1.